The van der Waals surface area contributed by atoms with Gasteiger partial charge in [0.15, 0.2) is 5.96 Å². The molecular weight excluding hydrogens is 389 g/mol. The minimum atomic E-state index is 0. The molecule has 1 atom stereocenters. The summed E-state index contributed by atoms with van der Waals surface area (Å²) in [5.41, 5.74) is 7.02. The summed E-state index contributed by atoms with van der Waals surface area (Å²) in [4.78, 5) is 4.38. The monoisotopic (exact) mass is 419 g/mol. The Morgan fingerprint density at radius 3 is 2.64 bits per heavy atom. The predicted molar refractivity (Wildman–Crippen MR) is 105 cm³/mol. The predicted octanol–water partition coefficient (Wildman–Crippen LogP) is 3.93. The van der Waals surface area contributed by atoms with Gasteiger partial charge in [-0.15, -0.1) is 24.0 Å². The maximum Gasteiger partial charge on any atom is 0.189 e. The van der Waals surface area contributed by atoms with Gasteiger partial charge in [0.25, 0.3) is 0 Å². The van der Waals surface area contributed by atoms with Gasteiger partial charge in [-0.3, -0.25) is 0 Å². The molecule has 0 aliphatic carbocycles. The van der Waals surface area contributed by atoms with E-state index in [1.165, 1.54) is 12.8 Å². The van der Waals surface area contributed by atoms with Crippen molar-refractivity contribution < 1.29 is 4.74 Å². The summed E-state index contributed by atoms with van der Waals surface area (Å²) in [7, 11) is 1.66. The van der Waals surface area contributed by atoms with Crippen LogP contribution in [0.3, 0.4) is 0 Å². The van der Waals surface area contributed by atoms with Crippen LogP contribution in [0.2, 0.25) is 0 Å². The zero-order valence-corrected chi connectivity index (χ0v) is 16.5. The first kappa shape index (κ1) is 21.0. The number of methoxy groups -OCH3 is 1. The second kappa shape index (κ2) is 11.6. The average molecular weight is 419 g/mol. The Balaban J connectivity index is 0.00000441. The van der Waals surface area contributed by atoms with Gasteiger partial charge in [0, 0.05) is 6.04 Å². The number of guanidine groups is 1. The van der Waals surface area contributed by atoms with Crippen LogP contribution in [0.5, 0.6) is 5.75 Å². The highest BCUT2D eigenvalue weighted by molar-refractivity contribution is 14.0. The van der Waals surface area contributed by atoms with Crippen molar-refractivity contribution in [3.05, 3.63) is 29.8 Å². The van der Waals surface area contributed by atoms with Crippen molar-refractivity contribution in [3.63, 3.8) is 0 Å². The summed E-state index contributed by atoms with van der Waals surface area (Å²) < 4.78 is 5.19. The highest BCUT2D eigenvalue weighted by Crippen LogP contribution is 2.13. The summed E-state index contributed by atoms with van der Waals surface area (Å²) in [6, 6.07) is 8.24. The molecule has 0 aliphatic rings. The van der Waals surface area contributed by atoms with Gasteiger partial charge in [0.05, 0.1) is 13.7 Å². The van der Waals surface area contributed by atoms with Crippen molar-refractivity contribution in [2.45, 2.75) is 52.6 Å². The van der Waals surface area contributed by atoms with Gasteiger partial charge in [-0.1, -0.05) is 38.8 Å². The maximum atomic E-state index is 5.93. The van der Waals surface area contributed by atoms with E-state index >= 15 is 0 Å². The van der Waals surface area contributed by atoms with Crippen molar-refractivity contribution >= 4 is 29.9 Å². The minimum absolute atomic E-state index is 0. The Morgan fingerprint density at radius 2 is 2.00 bits per heavy atom. The molecule has 126 valence electrons. The number of nitrogens with two attached hydrogens (primary N) is 1. The molecule has 0 heterocycles. The van der Waals surface area contributed by atoms with Crippen LogP contribution in [0.1, 0.15) is 45.6 Å². The van der Waals surface area contributed by atoms with Crippen LogP contribution in [0, 0.1) is 5.92 Å². The van der Waals surface area contributed by atoms with Crippen molar-refractivity contribution in [3.8, 4) is 5.75 Å². The van der Waals surface area contributed by atoms with Crippen LogP contribution < -0.4 is 15.8 Å². The van der Waals surface area contributed by atoms with E-state index in [4.69, 9.17) is 10.5 Å². The Hall–Kier alpha value is -0.980. The van der Waals surface area contributed by atoms with E-state index in [0.29, 0.717) is 18.5 Å². The molecule has 0 spiro atoms. The van der Waals surface area contributed by atoms with E-state index in [0.717, 1.165) is 23.7 Å². The van der Waals surface area contributed by atoms with E-state index in [1.54, 1.807) is 7.11 Å². The van der Waals surface area contributed by atoms with Gasteiger partial charge in [-0.2, -0.15) is 0 Å². The van der Waals surface area contributed by atoms with Gasteiger partial charge in [-0.05, 0) is 37.0 Å². The lowest BCUT2D eigenvalue weighted by molar-refractivity contribution is 0.414. The SMILES string of the molecule is COc1cccc(CN=C(N)NC(C)CCCC(C)C)c1.I. The Bertz CT molecular complexity index is 449. The fourth-order valence-corrected chi connectivity index (χ4v) is 2.15. The lowest BCUT2D eigenvalue weighted by Gasteiger charge is -2.15. The summed E-state index contributed by atoms with van der Waals surface area (Å²) >= 11 is 0. The molecule has 0 saturated carbocycles. The van der Waals surface area contributed by atoms with E-state index in [9.17, 15) is 0 Å². The molecule has 22 heavy (non-hydrogen) atoms. The molecule has 1 aromatic rings. The van der Waals surface area contributed by atoms with E-state index in [2.05, 4.69) is 31.1 Å². The zero-order chi connectivity index (χ0) is 15.7. The number of nitrogens with one attached hydrogen (secondary N) is 1. The number of aliphatic imine (C=N–C) groups is 1. The maximum absolute atomic E-state index is 5.93. The van der Waals surface area contributed by atoms with Crippen molar-refractivity contribution in [2.75, 3.05) is 7.11 Å². The van der Waals surface area contributed by atoms with Crippen LogP contribution >= 0.6 is 24.0 Å². The number of nitrogens with zero attached hydrogens (tertiary/aromatic N) is 1. The number of hydrogen-bond acceptors (Lipinski definition) is 2. The summed E-state index contributed by atoms with van der Waals surface area (Å²) in [6.07, 6.45) is 3.59. The van der Waals surface area contributed by atoms with Crippen LogP contribution in [0.4, 0.5) is 0 Å². The smallest absolute Gasteiger partial charge is 0.189 e. The molecule has 0 bridgehead atoms. The summed E-state index contributed by atoms with van der Waals surface area (Å²) in [6.45, 7) is 7.22. The third kappa shape index (κ3) is 9.12. The fraction of sp³-hybridized carbons (Fsp3) is 0.588. The van der Waals surface area contributed by atoms with Crippen LogP contribution in [0.15, 0.2) is 29.3 Å². The summed E-state index contributed by atoms with van der Waals surface area (Å²) in [5, 5.41) is 3.25. The van der Waals surface area contributed by atoms with Gasteiger partial charge < -0.3 is 15.8 Å². The van der Waals surface area contributed by atoms with Gasteiger partial charge in [0.2, 0.25) is 0 Å². The van der Waals surface area contributed by atoms with Crippen LogP contribution in [0.25, 0.3) is 0 Å². The van der Waals surface area contributed by atoms with Crippen LogP contribution in [-0.2, 0) is 6.54 Å². The first-order valence-corrected chi connectivity index (χ1v) is 7.70. The molecule has 1 unspecified atom stereocenters. The van der Waals surface area contributed by atoms with Gasteiger partial charge >= 0.3 is 0 Å². The quantitative estimate of drug-likeness (QED) is 0.381. The first-order chi connectivity index (χ1) is 10.0. The van der Waals surface area contributed by atoms with Crippen molar-refractivity contribution in [2.24, 2.45) is 16.6 Å². The molecule has 0 amide bonds. The van der Waals surface area contributed by atoms with Crippen molar-refractivity contribution in [1.82, 2.24) is 5.32 Å². The zero-order valence-electron chi connectivity index (χ0n) is 14.1. The molecule has 0 aliphatic heterocycles. The van der Waals surface area contributed by atoms with E-state index in [1.807, 2.05) is 24.3 Å². The normalized spacial score (nSPS) is 12.7. The van der Waals surface area contributed by atoms with Crippen LogP contribution in [-0.4, -0.2) is 19.1 Å². The molecule has 0 fully saturated rings. The lowest BCUT2D eigenvalue weighted by atomic mass is 10.0. The van der Waals surface area contributed by atoms with E-state index < -0.39 is 0 Å². The lowest BCUT2D eigenvalue weighted by Crippen LogP contribution is -2.38. The third-order valence-electron chi connectivity index (χ3n) is 3.38. The van der Waals surface area contributed by atoms with E-state index in [-0.39, 0.29) is 24.0 Å². The molecule has 1 aromatic carbocycles. The third-order valence-corrected chi connectivity index (χ3v) is 3.38. The number of ether oxygens (including phenoxy) is 1. The molecular formula is C17H30IN3O. The number of benzene rings is 1. The standard InChI is InChI=1S/C17H29N3O.HI/c1-13(2)7-5-8-14(3)20-17(18)19-12-15-9-6-10-16(11-15)21-4;/h6,9-11,13-14H,5,7-8,12H2,1-4H3,(H3,18,19,20);1H. The molecule has 0 radical (unpaired) electrons. The largest absolute Gasteiger partial charge is 0.497 e. The fourth-order valence-electron chi connectivity index (χ4n) is 2.15. The number of halogens is 1. The topological polar surface area (TPSA) is 59.6 Å². The minimum Gasteiger partial charge on any atom is -0.497 e. The Labute approximate surface area is 151 Å². The molecule has 3 N–H and O–H groups in total. The number of rotatable bonds is 8. The first-order valence-electron chi connectivity index (χ1n) is 7.70. The second-order valence-corrected chi connectivity index (χ2v) is 5.92. The van der Waals surface area contributed by atoms with Gasteiger partial charge in [0.1, 0.15) is 5.75 Å². The molecule has 5 heteroatoms. The highest BCUT2D eigenvalue weighted by atomic mass is 127. The molecule has 4 nitrogen and oxygen atoms in total. The second-order valence-electron chi connectivity index (χ2n) is 5.92. The number of hydrogen-bond donors (Lipinski definition) is 2. The molecule has 0 aromatic heterocycles. The average Bonchev–Trinajstić information content (AvgIpc) is 2.45. The highest BCUT2D eigenvalue weighted by Gasteiger charge is 2.04. The molecule has 0 saturated heterocycles. The Kier molecular flexibility index (Phi) is 11.1. The van der Waals surface area contributed by atoms with Crippen molar-refractivity contribution in [1.29, 1.82) is 0 Å². The van der Waals surface area contributed by atoms with Gasteiger partial charge in [-0.25, -0.2) is 4.99 Å². The summed E-state index contributed by atoms with van der Waals surface area (Å²) in [5.74, 6) is 2.11. The Morgan fingerprint density at radius 1 is 1.27 bits per heavy atom. The molecule has 1 rings (SSSR count).